The number of benzene rings is 2. The van der Waals surface area contributed by atoms with Crippen LogP contribution < -0.4 is 4.90 Å². The quantitative estimate of drug-likeness (QED) is 0.875. The molecule has 2 aromatic rings. The maximum Gasteiger partial charge on any atom is 0.337 e. The average molecular weight is 239 g/mol. The van der Waals surface area contributed by atoms with Gasteiger partial charge in [-0.1, -0.05) is 30.3 Å². The van der Waals surface area contributed by atoms with Crippen molar-refractivity contribution in [2.45, 2.75) is 6.42 Å². The molecule has 3 nitrogen and oxygen atoms in total. The Morgan fingerprint density at radius 2 is 1.67 bits per heavy atom. The fourth-order valence-electron chi connectivity index (χ4n) is 2.48. The van der Waals surface area contributed by atoms with Gasteiger partial charge in [-0.2, -0.15) is 0 Å². The van der Waals surface area contributed by atoms with Gasteiger partial charge in [-0.3, -0.25) is 0 Å². The minimum absolute atomic E-state index is 0.356. The summed E-state index contributed by atoms with van der Waals surface area (Å²) in [7, 11) is 0. The molecular formula is C15H13NO2. The van der Waals surface area contributed by atoms with Gasteiger partial charge in [-0.25, -0.2) is 4.79 Å². The summed E-state index contributed by atoms with van der Waals surface area (Å²) in [6.07, 6.45) is 0.962. The minimum Gasteiger partial charge on any atom is -0.478 e. The van der Waals surface area contributed by atoms with Gasteiger partial charge in [0.1, 0.15) is 0 Å². The van der Waals surface area contributed by atoms with E-state index in [1.165, 1.54) is 5.56 Å². The molecule has 0 spiro atoms. The lowest BCUT2D eigenvalue weighted by molar-refractivity contribution is 0.0697. The van der Waals surface area contributed by atoms with Gasteiger partial charge in [0.2, 0.25) is 0 Å². The van der Waals surface area contributed by atoms with E-state index in [2.05, 4.69) is 11.0 Å². The van der Waals surface area contributed by atoms with E-state index in [9.17, 15) is 9.90 Å². The zero-order chi connectivity index (χ0) is 12.5. The number of aromatic carboxylic acids is 1. The van der Waals surface area contributed by atoms with Crippen molar-refractivity contribution in [1.29, 1.82) is 0 Å². The number of carboxylic acids is 1. The Morgan fingerprint density at radius 1 is 1.00 bits per heavy atom. The molecule has 0 amide bonds. The van der Waals surface area contributed by atoms with Crippen LogP contribution in [0.5, 0.6) is 0 Å². The normalized spacial score (nSPS) is 13.4. The lowest BCUT2D eigenvalue weighted by Crippen LogP contribution is -2.16. The largest absolute Gasteiger partial charge is 0.478 e. The number of anilines is 2. The van der Waals surface area contributed by atoms with Crippen LogP contribution in [0.4, 0.5) is 11.4 Å². The first-order valence-electron chi connectivity index (χ1n) is 5.95. The van der Waals surface area contributed by atoms with Gasteiger partial charge in [0.05, 0.1) is 11.3 Å². The van der Waals surface area contributed by atoms with Crippen molar-refractivity contribution < 1.29 is 9.90 Å². The molecule has 3 heteroatoms. The third-order valence-electron chi connectivity index (χ3n) is 3.31. The van der Waals surface area contributed by atoms with E-state index < -0.39 is 5.97 Å². The molecule has 0 aliphatic carbocycles. The Labute approximate surface area is 105 Å². The van der Waals surface area contributed by atoms with Crippen molar-refractivity contribution in [3.05, 3.63) is 59.7 Å². The van der Waals surface area contributed by atoms with E-state index >= 15 is 0 Å². The second-order valence-corrected chi connectivity index (χ2v) is 4.35. The highest BCUT2D eigenvalue weighted by atomic mass is 16.4. The number of carboxylic acid groups (broad SMARTS) is 1. The highest BCUT2D eigenvalue weighted by Gasteiger charge is 2.23. The van der Waals surface area contributed by atoms with Gasteiger partial charge in [0.25, 0.3) is 0 Å². The van der Waals surface area contributed by atoms with Gasteiger partial charge in [0.15, 0.2) is 0 Å². The number of fused-ring (bicyclic) bond motifs is 1. The van der Waals surface area contributed by atoms with Crippen LogP contribution >= 0.6 is 0 Å². The fourth-order valence-corrected chi connectivity index (χ4v) is 2.48. The fraction of sp³-hybridized carbons (Fsp3) is 0.133. The number of carbonyl (C=O) groups is 1. The molecule has 0 atom stereocenters. The summed E-state index contributed by atoms with van der Waals surface area (Å²) in [4.78, 5) is 13.3. The molecule has 18 heavy (non-hydrogen) atoms. The molecule has 0 aromatic heterocycles. The molecule has 0 saturated heterocycles. The van der Waals surface area contributed by atoms with Crippen LogP contribution in [0.2, 0.25) is 0 Å². The van der Waals surface area contributed by atoms with Crippen LogP contribution in [-0.2, 0) is 6.42 Å². The highest BCUT2D eigenvalue weighted by Crippen LogP contribution is 2.35. The van der Waals surface area contributed by atoms with Crippen LogP contribution in [0.15, 0.2) is 48.5 Å². The zero-order valence-electron chi connectivity index (χ0n) is 9.84. The highest BCUT2D eigenvalue weighted by molar-refractivity contribution is 5.96. The second-order valence-electron chi connectivity index (χ2n) is 4.35. The van der Waals surface area contributed by atoms with Crippen molar-refractivity contribution in [3.63, 3.8) is 0 Å². The molecule has 1 heterocycles. The molecule has 0 bridgehead atoms. The topological polar surface area (TPSA) is 40.5 Å². The second kappa shape index (κ2) is 4.18. The molecule has 0 unspecified atom stereocenters. The van der Waals surface area contributed by atoms with E-state index in [4.69, 9.17) is 0 Å². The lowest BCUT2D eigenvalue weighted by atomic mass is 10.1. The third-order valence-corrected chi connectivity index (χ3v) is 3.31. The van der Waals surface area contributed by atoms with Crippen molar-refractivity contribution in [3.8, 4) is 0 Å². The van der Waals surface area contributed by atoms with E-state index in [0.29, 0.717) is 5.56 Å². The summed E-state index contributed by atoms with van der Waals surface area (Å²) in [6, 6.07) is 15.3. The molecular weight excluding hydrogens is 226 g/mol. The Bertz CT molecular complexity index is 607. The first-order chi connectivity index (χ1) is 8.77. The maximum absolute atomic E-state index is 11.3. The van der Waals surface area contributed by atoms with Crippen molar-refractivity contribution in [1.82, 2.24) is 0 Å². The predicted molar refractivity (Wildman–Crippen MR) is 70.6 cm³/mol. The summed E-state index contributed by atoms with van der Waals surface area (Å²) in [6.45, 7) is 0.837. The zero-order valence-corrected chi connectivity index (χ0v) is 9.84. The van der Waals surface area contributed by atoms with Crippen LogP contribution in [0.3, 0.4) is 0 Å². The predicted octanol–water partition coefficient (Wildman–Crippen LogP) is 3.08. The standard InChI is InChI=1S/C15H13NO2/c17-15(18)12-6-2-4-8-14(12)16-10-9-11-5-1-3-7-13(11)16/h1-8H,9-10H2,(H,17,18). The number of hydrogen-bond acceptors (Lipinski definition) is 2. The van der Waals surface area contributed by atoms with Crippen LogP contribution in [0.25, 0.3) is 0 Å². The molecule has 1 N–H and O–H groups in total. The van der Waals surface area contributed by atoms with E-state index in [0.717, 1.165) is 24.3 Å². The molecule has 0 radical (unpaired) electrons. The maximum atomic E-state index is 11.3. The van der Waals surface area contributed by atoms with E-state index in [1.807, 2.05) is 30.3 Å². The summed E-state index contributed by atoms with van der Waals surface area (Å²) in [5.41, 5.74) is 3.52. The average Bonchev–Trinajstić information content (AvgIpc) is 2.82. The van der Waals surface area contributed by atoms with E-state index in [-0.39, 0.29) is 0 Å². The summed E-state index contributed by atoms with van der Waals surface area (Å²) >= 11 is 0. The summed E-state index contributed by atoms with van der Waals surface area (Å²) in [5.74, 6) is -0.880. The number of para-hydroxylation sites is 2. The monoisotopic (exact) mass is 239 g/mol. The third kappa shape index (κ3) is 1.64. The van der Waals surface area contributed by atoms with Crippen LogP contribution in [0, 0.1) is 0 Å². The summed E-state index contributed by atoms with van der Waals surface area (Å²) < 4.78 is 0. The van der Waals surface area contributed by atoms with Gasteiger partial charge in [0, 0.05) is 12.2 Å². The molecule has 90 valence electrons. The Hall–Kier alpha value is -2.29. The van der Waals surface area contributed by atoms with Crippen molar-refractivity contribution in [2.75, 3.05) is 11.4 Å². The summed E-state index contributed by atoms with van der Waals surface area (Å²) in [5, 5.41) is 9.25. The Balaban J connectivity index is 2.10. The van der Waals surface area contributed by atoms with Gasteiger partial charge in [-0.15, -0.1) is 0 Å². The van der Waals surface area contributed by atoms with E-state index in [1.54, 1.807) is 12.1 Å². The van der Waals surface area contributed by atoms with Crippen LogP contribution in [0.1, 0.15) is 15.9 Å². The lowest BCUT2D eigenvalue weighted by Gasteiger charge is -2.21. The minimum atomic E-state index is -0.880. The van der Waals surface area contributed by atoms with Gasteiger partial charge in [-0.05, 0) is 30.2 Å². The first-order valence-corrected chi connectivity index (χ1v) is 5.95. The molecule has 1 aliphatic rings. The van der Waals surface area contributed by atoms with Gasteiger partial charge >= 0.3 is 5.97 Å². The molecule has 3 rings (SSSR count). The number of rotatable bonds is 2. The molecule has 2 aromatic carbocycles. The first kappa shape index (κ1) is 10.8. The molecule has 1 aliphatic heterocycles. The van der Waals surface area contributed by atoms with Crippen LogP contribution in [-0.4, -0.2) is 17.6 Å². The Kier molecular flexibility index (Phi) is 2.52. The van der Waals surface area contributed by atoms with Crippen molar-refractivity contribution in [2.24, 2.45) is 0 Å². The SMILES string of the molecule is O=C(O)c1ccccc1N1CCc2ccccc21. The number of hydrogen-bond donors (Lipinski definition) is 1. The Morgan fingerprint density at radius 3 is 2.44 bits per heavy atom. The molecule has 0 saturated carbocycles. The van der Waals surface area contributed by atoms with Crippen molar-refractivity contribution >= 4 is 17.3 Å². The van der Waals surface area contributed by atoms with Gasteiger partial charge < -0.3 is 10.0 Å². The molecule has 0 fully saturated rings. The smallest absolute Gasteiger partial charge is 0.337 e. The number of nitrogens with zero attached hydrogens (tertiary/aromatic N) is 1.